The molecule has 100 valence electrons. The number of carboxylic acid groups (broad SMARTS) is 1. The van der Waals surface area contributed by atoms with Crippen LogP contribution in [0.2, 0.25) is 5.02 Å². The Hall–Kier alpha value is -0.990. The summed E-state index contributed by atoms with van der Waals surface area (Å²) in [5, 5.41) is 8.75. The molecule has 0 aliphatic carbocycles. The molecule has 0 amide bonds. The number of anilines is 1. The highest BCUT2D eigenvalue weighted by Crippen LogP contribution is 2.36. The van der Waals surface area contributed by atoms with Gasteiger partial charge in [0.05, 0.1) is 17.3 Å². The van der Waals surface area contributed by atoms with Gasteiger partial charge in [-0.2, -0.15) is 0 Å². The number of carbonyl (C=O) groups is 1. The third-order valence-electron chi connectivity index (χ3n) is 1.79. The quantitative estimate of drug-likeness (QED) is 0.839. The van der Waals surface area contributed by atoms with Crippen LogP contribution in [0, 0.1) is 0 Å². The van der Waals surface area contributed by atoms with Gasteiger partial charge in [-0.25, -0.2) is 8.42 Å². The monoisotopic (exact) mass is 357 g/mol. The second kappa shape index (κ2) is 5.77. The summed E-state index contributed by atoms with van der Waals surface area (Å²) >= 11 is 8.93. The van der Waals surface area contributed by atoms with E-state index in [1.165, 1.54) is 19.2 Å². The Bertz CT molecular complexity index is 575. The fourth-order valence-corrected chi connectivity index (χ4v) is 3.07. The van der Waals surface area contributed by atoms with Crippen LogP contribution in [0.4, 0.5) is 5.69 Å². The predicted molar refractivity (Wildman–Crippen MR) is 70.7 cm³/mol. The molecule has 1 aromatic rings. The molecule has 0 unspecified atom stereocenters. The molecule has 9 heteroatoms. The molecule has 1 rings (SSSR count). The number of sulfonamides is 1. The summed E-state index contributed by atoms with van der Waals surface area (Å²) in [6, 6.07) is 2.85. The van der Waals surface area contributed by atoms with E-state index in [2.05, 4.69) is 20.7 Å². The van der Waals surface area contributed by atoms with Crippen molar-refractivity contribution in [3.05, 3.63) is 21.6 Å². The molecule has 0 radical (unpaired) electrons. The molecule has 6 nitrogen and oxygen atoms in total. The first-order valence-electron chi connectivity index (χ1n) is 4.50. The van der Waals surface area contributed by atoms with Crippen LogP contribution in [0.5, 0.6) is 5.75 Å². The maximum absolute atomic E-state index is 11.5. The van der Waals surface area contributed by atoms with Crippen LogP contribution in [0.1, 0.15) is 0 Å². The Morgan fingerprint density at radius 3 is 2.67 bits per heavy atom. The van der Waals surface area contributed by atoms with E-state index in [0.717, 1.165) is 0 Å². The Morgan fingerprint density at radius 2 is 2.17 bits per heavy atom. The topological polar surface area (TPSA) is 92.7 Å². The van der Waals surface area contributed by atoms with Gasteiger partial charge in [0.25, 0.3) is 0 Å². The van der Waals surface area contributed by atoms with Crippen molar-refractivity contribution >= 4 is 49.2 Å². The van der Waals surface area contributed by atoms with E-state index in [9.17, 15) is 13.2 Å². The maximum Gasteiger partial charge on any atom is 0.320 e. The Labute approximate surface area is 117 Å². The summed E-state index contributed by atoms with van der Waals surface area (Å²) in [5.74, 6) is -2.28. The van der Waals surface area contributed by atoms with Gasteiger partial charge in [-0.15, -0.1) is 0 Å². The molecule has 0 saturated carbocycles. The van der Waals surface area contributed by atoms with Crippen molar-refractivity contribution in [3.63, 3.8) is 0 Å². The van der Waals surface area contributed by atoms with Gasteiger partial charge in [0.2, 0.25) is 10.0 Å². The molecule has 0 atom stereocenters. The molecule has 18 heavy (non-hydrogen) atoms. The van der Waals surface area contributed by atoms with Crippen LogP contribution in [-0.4, -0.2) is 32.4 Å². The second-order valence-electron chi connectivity index (χ2n) is 3.22. The van der Waals surface area contributed by atoms with Gasteiger partial charge >= 0.3 is 5.97 Å². The minimum absolute atomic E-state index is 0.0677. The van der Waals surface area contributed by atoms with Crippen LogP contribution >= 0.6 is 27.5 Å². The number of carboxylic acids is 1. The SMILES string of the molecule is COc1c(Br)cc(Cl)cc1NS(=O)(=O)CC(=O)O. The predicted octanol–water partition coefficient (Wildman–Crippen LogP) is 1.94. The van der Waals surface area contributed by atoms with Gasteiger partial charge in [0.1, 0.15) is 0 Å². The summed E-state index contributed by atoms with van der Waals surface area (Å²) in [6.07, 6.45) is 0. The summed E-state index contributed by atoms with van der Waals surface area (Å²) < 4.78 is 30.5. The molecule has 0 heterocycles. The summed E-state index contributed by atoms with van der Waals surface area (Å²) in [5.41, 5.74) is 0.0677. The lowest BCUT2D eigenvalue weighted by atomic mass is 10.3. The van der Waals surface area contributed by atoms with E-state index >= 15 is 0 Å². The van der Waals surface area contributed by atoms with Crippen molar-refractivity contribution in [1.29, 1.82) is 0 Å². The second-order valence-corrected chi connectivity index (χ2v) is 6.24. The number of methoxy groups -OCH3 is 1. The molecule has 0 saturated heterocycles. The number of aliphatic carboxylic acids is 1. The van der Waals surface area contributed by atoms with E-state index in [4.69, 9.17) is 21.4 Å². The van der Waals surface area contributed by atoms with E-state index in [1.54, 1.807) is 0 Å². The van der Waals surface area contributed by atoms with Gasteiger partial charge in [0.15, 0.2) is 11.5 Å². The highest BCUT2D eigenvalue weighted by Gasteiger charge is 2.19. The Morgan fingerprint density at radius 1 is 1.56 bits per heavy atom. The molecule has 0 bridgehead atoms. The summed E-state index contributed by atoms with van der Waals surface area (Å²) in [6.45, 7) is 0. The van der Waals surface area contributed by atoms with Crippen molar-refractivity contribution in [1.82, 2.24) is 0 Å². The Balaban J connectivity index is 3.15. The lowest BCUT2D eigenvalue weighted by Gasteiger charge is -2.12. The highest BCUT2D eigenvalue weighted by atomic mass is 79.9. The summed E-state index contributed by atoms with van der Waals surface area (Å²) in [4.78, 5) is 10.4. The number of ether oxygens (including phenoxy) is 1. The van der Waals surface area contributed by atoms with Crippen LogP contribution in [-0.2, 0) is 14.8 Å². The molecule has 0 fully saturated rings. The van der Waals surface area contributed by atoms with Crippen LogP contribution < -0.4 is 9.46 Å². The average Bonchev–Trinajstić information content (AvgIpc) is 2.13. The first kappa shape index (κ1) is 15.1. The number of nitrogens with one attached hydrogen (secondary N) is 1. The molecule has 0 aliphatic rings. The molecule has 1 aromatic carbocycles. The van der Waals surface area contributed by atoms with Crippen molar-refractivity contribution in [3.8, 4) is 5.75 Å². The lowest BCUT2D eigenvalue weighted by molar-refractivity contribution is -0.134. The molecular weight excluding hydrogens is 350 g/mol. The van der Waals surface area contributed by atoms with E-state index in [0.29, 0.717) is 4.47 Å². The molecule has 0 spiro atoms. The first-order chi connectivity index (χ1) is 8.25. The molecular formula is C9H9BrClNO5S. The Kier molecular flexibility index (Phi) is 4.83. The summed E-state index contributed by atoms with van der Waals surface area (Å²) in [7, 11) is -2.66. The highest BCUT2D eigenvalue weighted by molar-refractivity contribution is 9.10. The van der Waals surface area contributed by atoms with E-state index in [-0.39, 0.29) is 16.5 Å². The fourth-order valence-electron chi connectivity index (χ4n) is 1.21. The minimum Gasteiger partial charge on any atom is -0.493 e. The number of halogens is 2. The largest absolute Gasteiger partial charge is 0.493 e. The maximum atomic E-state index is 11.5. The minimum atomic E-state index is -4.01. The van der Waals surface area contributed by atoms with Crippen molar-refractivity contribution < 1.29 is 23.1 Å². The molecule has 0 aromatic heterocycles. The number of rotatable bonds is 5. The smallest absolute Gasteiger partial charge is 0.320 e. The zero-order valence-corrected chi connectivity index (χ0v) is 12.3. The van der Waals surface area contributed by atoms with Gasteiger partial charge < -0.3 is 9.84 Å². The van der Waals surface area contributed by atoms with Crippen molar-refractivity contribution in [2.75, 3.05) is 17.6 Å². The lowest BCUT2D eigenvalue weighted by Crippen LogP contribution is -2.22. The third kappa shape index (κ3) is 4.04. The fraction of sp³-hybridized carbons (Fsp3) is 0.222. The van der Waals surface area contributed by atoms with Crippen LogP contribution in [0.25, 0.3) is 0 Å². The first-order valence-corrected chi connectivity index (χ1v) is 7.33. The van der Waals surface area contributed by atoms with E-state index < -0.39 is 21.7 Å². The molecule has 0 aliphatic heterocycles. The molecule has 2 N–H and O–H groups in total. The van der Waals surface area contributed by atoms with Gasteiger partial charge in [-0.05, 0) is 28.1 Å². The van der Waals surface area contributed by atoms with Crippen LogP contribution in [0.3, 0.4) is 0 Å². The number of hydrogen-bond donors (Lipinski definition) is 2. The van der Waals surface area contributed by atoms with Crippen molar-refractivity contribution in [2.45, 2.75) is 0 Å². The third-order valence-corrected chi connectivity index (χ3v) is 3.76. The average molecular weight is 359 g/mol. The van der Waals surface area contributed by atoms with Gasteiger partial charge in [0, 0.05) is 5.02 Å². The zero-order chi connectivity index (χ0) is 13.9. The van der Waals surface area contributed by atoms with Gasteiger partial charge in [-0.1, -0.05) is 11.6 Å². The van der Waals surface area contributed by atoms with Crippen molar-refractivity contribution in [2.24, 2.45) is 0 Å². The standard InChI is InChI=1S/C9H9BrClNO5S/c1-17-9-6(10)2-5(11)3-7(9)12-18(15,16)4-8(13)14/h2-3,12H,4H2,1H3,(H,13,14). The van der Waals surface area contributed by atoms with Gasteiger partial charge in [-0.3, -0.25) is 9.52 Å². The number of hydrogen-bond acceptors (Lipinski definition) is 4. The van der Waals surface area contributed by atoms with Crippen LogP contribution in [0.15, 0.2) is 16.6 Å². The normalized spacial score (nSPS) is 11.1. The zero-order valence-electron chi connectivity index (χ0n) is 9.11. The number of benzene rings is 1. The van der Waals surface area contributed by atoms with E-state index in [1.807, 2.05) is 0 Å².